The quantitative estimate of drug-likeness (QED) is 0.735. The van der Waals surface area contributed by atoms with Gasteiger partial charge in [-0.25, -0.2) is 0 Å². The van der Waals surface area contributed by atoms with Gasteiger partial charge in [0.25, 0.3) is 0 Å². The minimum absolute atomic E-state index is 0.152. The second kappa shape index (κ2) is 5.84. The molecule has 0 bridgehead atoms. The highest BCUT2D eigenvalue weighted by atomic mass is 19.4. The third-order valence-corrected chi connectivity index (χ3v) is 2.77. The molecule has 1 heterocycles. The van der Waals surface area contributed by atoms with Crippen molar-refractivity contribution in [2.24, 2.45) is 11.7 Å². The number of hydrogen-bond acceptors (Lipinski definition) is 3. The van der Waals surface area contributed by atoms with Crippen LogP contribution in [0.25, 0.3) is 0 Å². The van der Waals surface area contributed by atoms with E-state index in [4.69, 9.17) is 5.73 Å². The van der Waals surface area contributed by atoms with E-state index >= 15 is 0 Å². The Kier molecular flexibility index (Phi) is 5.01. The summed E-state index contributed by atoms with van der Waals surface area (Å²) in [6.45, 7) is 3.62. The average molecular weight is 240 g/mol. The van der Waals surface area contributed by atoms with E-state index in [2.05, 4.69) is 16.6 Å². The van der Waals surface area contributed by atoms with E-state index in [1.165, 1.54) is 0 Å². The van der Waals surface area contributed by atoms with Crippen LogP contribution in [0.3, 0.4) is 0 Å². The topological polar surface area (TPSA) is 38.5 Å². The van der Waals surface area contributed by atoms with Crippen LogP contribution in [0.1, 0.15) is 13.3 Å². The van der Waals surface area contributed by atoms with Crippen molar-refractivity contribution in [3.63, 3.8) is 0 Å². The zero-order valence-corrected chi connectivity index (χ0v) is 9.46. The van der Waals surface area contributed by atoms with Crippen LogP contribution in [0.15, 0.2) is 0 Å². The van der Waals surface area contributed by atoms with Gasteiger partial charge < -0.3 is 15.4 Å². The van der Waals surface area contributed by atoms with Gasteiger partial charge in [-0.05, 0) is 12.3 Å². The maximum atomic E-state index is 11.7. The molecule has 3 nitrogen and oxygen atoms in total. The predicted octanol–water partition coefficient (Wildman–Crippen LogP) is 1.23. The second-order valence-electron chi connectivity index (χ2n) is 4.42. The first-order chi connectivity index (χ1) is 7.38. The highest BCUT2D eigenvalue weighted by Gasteiger charge is 2.28. The number of alkyl halides is 3. The lowest BCUT2D eigenvalue weighted by molar-refractivity contribution is -0.174. The second-order valence-corrected chi connectivity index (χ2v) is 4.42. The lowest BCUT2D eigenvalue weighted by atomic mass is 10.1. The van der Waals surface area contributed by atoms with Crippen molar-refractivity contribution in [1.29, 1.82) is 0 Å². The minimum Gasteiger partial charge on any atom is -0.372 e. The Labute approximate surface area is 93.7 Å². The van der Waals surface area contributed by atoms with E-state index in [1.807, 2.05) is 0 Å². The molecule has 0 radical (unpaired) electrons. The number of halogens is 3. The highest BCUT2D eigenvalue weighted by Crippen LogP contribution is 2.16. The average Bonchev–Trinajstić information content (AvgIpc) is 2.44. The van der Waals surface area contributed by atoms with Gasteiger partial charge in [0.1, 0.15) is 6.61 Å². The Morgan fingerprint density at radius 2 is 2.06 bits per heavy atom. The van der Waals surface area contributed by atoms with E-state index in [9.17, 15) is 13.2 Å². The Morgan fingerprint density at radius 1 is 1.38 bits per heavy atom. The Morgan fingerprint density at radius 3 is 2.56 bits per heavy atom. The molecule has 1 aliphatic rings. The van der Waals surface area contributed by atoms with Crippen molar-refractivity contribution in [3.05, 3.63) is 0 Å². The molecule has 0 amide bonds. The molecule has 6 heteroatoms. The molecule has 2 N–H and O–H groups in total. The summed E-state index contributed by atoms with van der Waals surface area (Å²) in [5, 5.41) is 0. The summed E-state index contributed by atoms with van der Waals surface area (Å²) in [6, 6.07) is 0.191. The number of likely N-dealkylation sites (tertiary alicyclic amines) is 1. The first-order valence-electron chi connectivity index (χ1n) is 5.51. The fourth-order valence-electron chi connectivity index (χ4n) is 1.86. The van der Waals surface area contributed by atoms with Crippen molar-refractivity contribution in [2.75, 3.05) is 32.8 Å². The summed E-state index contributed by atoms with van der Waals surface area (Å²) in [5.41, 5.74) is 5.83. The lowest BCUT2D eigenvalue weighted by Crippen LogP contribution is -2.29. The van der Waals surface area contributed by atoms with Crippen molar-refractivity contribution in [3.8, 4) is 0 Å². The van der Waals surface area contributed by atoms with Gasteiger partial charge in [-0.15, -0.1) is 0 Å². The van der Waals surface area contributed by atoms with Gasteiger partial charge in [0.05, 0.1) is 0 Å². The number of nitrogens with zero attached hydrogens (tertiary/aromatic N) is 1. The van der Waals surface area contributed by atoms with Crippen LogP contribution >= 0.6 is 0 Å². The van der Waals surface area contributed by atoms with Crippen LogP contribution < -0.4 is 5.73 Å². The number of rotatable bonds is 5. The van der Waals surface area contributed by atoms with E-state index in [-0.39, 0.29) is 12.6 Å². The summed E-state index contributed by atoms with van der Waals surface area (Å²) in [6.07, 6.45) is -3.60. The van der Waals surface area contributed by atoms with Gasteiger partial charge in [-0.2, -0.15) is 13.2 Å². The third kappa shape index (κ3) is 5.14. The normalized spacial score (nSPS) is 27.6. The summed E-state index contributed by atoms with van der Waals surface area (Å²) < 4.78 is 39.7. The van der Waals surface area contributed by atoms with Gasteiger partial charge in [0.2, 0.25) is 0 Å². The van der Waals surface area contributed by atoms with Crippen molar-refractivity contribution >= 4 is 0 Å². The molecular formula is C10H19F3N2O. The monoisotopic (exact) mass is 240 g/mol. The largest absolute Gasteiger partial charge is 0.411 e. The molecular weight excluding hydrogens is 221 g/mol. The maximum absolute atomic E-state index is 11.7. The molecule has 96 valence electrons. The number of ether oxygens (including phenoxy) is 1. The molecule has 0 aliphatic carbocycles. The zero-order valence-electron chi connectivity index (χ0n) is 9.46. The van der Waals surface area contributed by atoms with E-state index in [0.717, 1.165) is 19.6 Å². The van der Waals surface area contributed by atoms with Crippen molar-refractivity contribution in [1.82, 2.24) is 4.90 Å². The molecule has 0 spiro atoms. The fraction of sp³-hybridized carbons (Fsp3) is 1.00. The van der Waals surface area contributed by atoms with Gasteiger partial charge >= 0.3 is 6.18 Å². The van der Waals surface area contributed by atoms with Crippen molar-refractivity contribution in [2.45, 2.75) is 25.6 Å². The molecule has 2 atom stereocenters. The summed E-state index contributed by atoms with van der Waals surface area (Å²) >= 11 is 0. The smallest absolute Gasteiger partial charge is 0.372 e. The van der Waals surface area contributed by atoms with Crippen LogP contribution in [0.2, 0.25) is 0 Å². The van der Waals surface area contributed by atoms with Crippen LogP contribution in [-0.4, -0.2) is 50.0 Å². The van der Waals surface area contributed by atoms with Crippen LogP contribution in [0.4, 0.5) is 13.2 Å². The van der Waals surface area contributed by atoms with E-state index in [1.54, 1.807) is 0 Å². The first-order valence-corrected chi connectivity index (χ1v) is 5.51. The molecule has 0 aromatic heterocycles. The molecule has 0 saturated carbocycles. The molecule has 2 unspecified atom stereocenters. The third-order valence-electron chi connectivity index (χ3n) is 2.77. The molecule has 1 saturated heterocycles. The lowest BCUT2D eigenvalue weighted by Gasteiger charge is -2.15. The molecule has 16 heavy (non-hydrogen) atoms. The Bertz CT molecular complexity index is 201. The molecule has 1 rings (SSSR count). The maximum Gasteiger partial charge on any atom is 0.411 e. The summed E-state index contributed by atoms with van der Waals surface area (Å²) in [5.74, 6) is 0.469. The molecule has 0 aromatic rings. The van der Waals surface area contributed by atoms with Crippen LogP contribution in [-0.2, 0) is 4.74 Å². The van der Waals surface area contributed by atoms with Crippen molar-refractivity contribution < 1.29 is 17.9 Å². The fourth-order valence-corrected chi connectivity index (χ4v) is 1.86. The molecule has 1 fully saturated rings. The Balaban J connectivity index is 2.00. The zero-order chi connectivity index (χ0) is 12.2. The summed E-state index contributed by atoms with van der Waals surface area (Å²) in [7, 11) is 0. The minimum atomic E-state index is -4.22. The molecule has 0 aromatic carbocycles. The van der Waals surface area contributed by atoms with Crippen LogP contribution in [0, 0.1) is 5.92 Å². The van der Waals surface area contributed by atoms with Gasteiger partial charge in [0.15, 0.2) is 0 Å². The standard InChI is InChI=1S/C10H19F3N2O/c1-8-5-15(6-9(8)14)3-2-4-16-7-10(11,12)13/h8-9H,2-7,14H2,1H3. The first kappa shape index (κ1) is 13.7. The van der Waals surface area contributed by atoms with E-state index in [0.29, 0.717) is 12.3 Å². The van der Waals surface area contributed by atoms with Crippen LogP contribution in [0.5, 0.6) is 0 Å². The Hall–Kier alpha value is -0.330. The predicted molar refractivity (Wildman–Crippen MR) is 55.1 cm³/mol. The van der Waals surface area contributed by atoms with Gasteiger partial charge in [0, 0.05) is 32.3 Å². The number of nitrogens with two attached hydrogens (primary N) is 1. The summed E-state index contributed by atoms with van der Waals surface area (Å²) in [4.78, 5) is 2.17. The number of hydrogen-bond donors (Lipinski definition) is 1. The van der Waals surface area contributed by atoms with Gasteiger partial charge in [-0.1, -0.05) is 6.92 Å². The molecule has 1 aliphatic heterocycles. The van der Waals surface area contributed by atoms with E-state index < -0.39 is 12.8 Å². The van der Waals surface area contributed by atoms with Gasteiger partial charge in [-0.3, -0.25) is 0 Å². The SMILES string of the molecule is CC1CN(CCCOCC(F)(F)F)CC1N. The highest BCUT2D eigenvalue weighted by molar-refractivity contribution is 4.83.